The molecule has 0 aliphatic heterocycles. The van der Waals surface area contributed by atoms with E-state index in [1.165, 1.54) is 83.1 Å². The summed E-state index contributed by atoms with van der Waals surface area (Å²) in [5.74, 6) is 0.282. The summed E-state index contributed by atoms with van der Waals surface area (Å²) >= 11 is 0. The predicted molar refractivity (Wildman–Crippen MR) is 224 cm³/mol. The molecule has 3 aromatic carbocycles. The second-order valence-electron chi connectivity index (χ2n) is 15.7. The molecule has 3 aromatic rings. The van der Waals surface area contributed by atoms with E-state index in [9.17, 15) is 0 Å². The van der Waals surface area contributed by atoms with E-state index in [2.05, 4.69) is 199 Å². The zero-order valence-corrected chi connectivity index (χ0v) is 35.2. The lowest BCUT2D eigenvalue weighted by Crippen LogP contribution is -2.71. The Morgan fingerprint density at radius 1 is 0.388 bits per heavy atom. The zero-order chi connectivity index (χ0) is 37.0. The van der Waals surface area contributed by atoms with Crippen molar-refractivity contribution in [2.24, 2.45) is 5.92 Å². The number of rotatable bonds is 10. The molecule has 0 bridgehead atoms. The van der Waals surface area contributed by atoms with Gasteiger partial charge in [0.1, 0.15) is 0 Å². The van der Waals surface area contributed by atoms with Crippen molar-refractivity contribution in [3.63, 3.8) is 0 Å². The van der Waals surface area contributed by atoms with Gasteiger partial charge in [0, 0.05) is 119 Å². The topological polar surface area (TPSA) is 19.4 Å². The molecule has 6 nitrogen and oxygen atoms in total. The van der Waals surface area contributed by atoms with Crippen molar-refractivity contribution in [1.82, 2.24) is 0 Å². The first kappa shape index (κ1) is 38.0. The van der Waals surface area contributed by atoms with Gasteiger partial charge < -0.3 is 29.4 Å². The largest absolute Gasteiger partial charge is 0.378 e. The van der Waals surface area contributed by atoms with Gasteiger partial charge in [0.05, 0.1) is 0 Å². The number of aryl methyl sites for hydroxylation is 3. The van der Waals surface area contributed by atoms with Crippen LogP contribution in [0.3, 0.4) is 0 Å². The highest BCUT2D eigenvalue weighted by molar-refractivity contribution is 7.18. The number of hydrogen-bond acceptors (Lipinski definition) is 6. The fourth-order valence-electron chi connectivity index (χ4n) is 8.34. The van der Waals surface area contributed by atoms with E-state index in [0.717, 1.165) is 0 Å². The second-order valence-corrected chi connectivity index (χ2v) is 19.3. The Balaban J connectivity index is 2.58. The lowest BCUT2D eigenvalue weighted by molar-refractivity contribution is 0.851. The van der Waals surface area contributed by atoms with Crippen molar-refractivity contribution in [3.8, 4) is 0 Å². The van der Waals surface area contributed by atoms with Crippen LogP contribution in [-0.4, -0.2) is 92.6 Å². The number of benzene rings is 3. The third-order valence-corrected chi connectivity index (χ3v) is 16.3. The molecule has 4 rings (SSSR count). The molecule has 266 valence electrons. The van der Waals surface area contributed by atoms with Crippen molar-refractivity contribution in [3.05, 3.63) is 75.0 Å². The lowest BCUT2D eigenvalue weighted by atomic mass is 10.1. The van der Waals surface area contributed by atoms with Crippen LogP contribution in [0.15, 0.2) is 58.3 Å². The van der Waals surface area contributed by atoms with Gasteiger partial charge in [-0.1, -0.05) is 23.3 Å². The molecule has 1 aliphatic carbocycles. The van der Waals surface area contributed by atoms with Crippen LogP contribution in [0, 0.1) is 26.7 Å². The predicted octanol–water partition coefficient (Wildman–Crippen LogP) is 6.32. The molecular weight excluding hydrogens is 617 g/mol. The van der Waals surface area contributed by atoms with Crippen LogP contribution in [0.2, 0.25) is 0 Å². The number of allylic oxidation sites excluding steroid dienone is 4. The van der Waals surface area contributed by atoms with Gasteiger partial charge in [-0.2, -0.15) is 0 Å². The standard InChI is InChI=1S/C42H64N6Si/c1-26-20-36(46(14)15)39(23-33(26)43(8)9)49(42-31(6)29(4)30(5)32(42)7,40-24-34(44(10)11)27(2)21-37(40)47(16)17)41-25-35(45(12)13)28(3)22-38(41)48(18)19/h20-25,31H,1-19H3. The third kappa shape index (κ3) is 6.24. The summed E-state index contributed by atoms with van der Waals surface area (Å²) < 4.78 is 0. The van der Waals surface area contributed by atoms with Crippen molar-refractivity contribution >= 4 is 57.8 Å². The maximum absolute atomic E-state index is 3.19. The van der Waals surface area contributed by atoms with E-state index in [-0.39, 0.29) is 5.92 Å². The Kier molecular flexibility index (Phi) is 10.7. The van der Waals surface area contributed by atoms with Gasteiger partial charge in [-0.05, 0) is 122 Å². The maximum atomic E-state index is 2.57. The highest BCUT2D eigenvalue weighted by Crippen LogP contribution is 2.45. The van der Waals surface area contributed by atoms with Gasteiger partial charge in [0.25, 0.3) is 0 Å². The molecule has 0 N–H and O–H groups in total. The molecule has 1 atom stereocenters. The Morgan fingerprint density at radius 2 is 0.653 bits per heavy atom. The Morgan fingerprint density at radius 3 is 0.857 bits per heavy atom. The van der Waals surface area contributed by atoms with Crippen LogP contribution in [0.1, 0.15) is 44.4 Å². The van der Waals surface area contributed by atoms with E-state index >= 15 is 0 Å². The molecule has 0 fully saturated rings. The quantitative estimate of drug-likeness (QED) is 0.183. The molecule has 0 radical (unpaired) electrons. The van der Waals surface area contributed by atoms with Crippen LogP contribution in [0.5, 0.6) is 0 Å². The van der Waals surface area contributed by atoms with Crippen LogP contribution in [0.4, 0.5) is 34.1 Å². The van der Waals surface area contributed by atoms with Crippen molar-refractivity contribution in [1.29, 1.82) is 0 Å². The van der Waals surface area contributed by atoms with E-state index in [1.54, 1.807) is 5.20 Å². The van der Waals surface area contributed by atoms with E-state index < -0.39 is 8.07 Å². The summed E-state index contributed by atoms with van der Waals surface area (Å²) in [6.45, 7) is 16.4. The highest BCUT2D eigenvalue weighted by atomic mass is 28.3. The third-order valence-electron chi connectivity index (χ3n) is 11.1. The van der Waals surface area contributed by atoms with Gasteiger partial charge in [-0.15, -0.1) is 0 Å². The molecule has 0 spiro atoms. The number of nitrogens with zero attached hydrogens (tertiary/aromatic N) is 6. The SMILES string of the molecule is CC1=C(C)C(C)C([Si](c2cc(N(C)C)c(C)cc2N(C)C)(c2cc(N(C)C)c(C)cc2N(C)C)c2cc(N(C)C)c(C)cc2N(C)C)=C1C. The molecule has 49 heavy (non-hydrogen) atoms. The molecule has 7 heteroatoms. The van der Waals surface area contributed by atoms with Crippen molar-refractivity contribution < 1.29 is 0 Å². The van der Waals surface area contributed by atoms with Gasteiger partial charge in [-0.25, -0.2) is 0 Å². The maximum Gasteiger partial charge on any atom is 0.183 e. The average molecular weight is 681 g/mol. The van der Waals surface area contributed by atoms with Gasteiger partial charge >= 0.3 is 0 Å². The Bertz CT molecular complexity index is 1640. The monoisotopic (exact) mass is 680 g/mol. The van der Waals surface area contributed by atoms with Crippen LogP contribution < -0.4 is 45.0 Å². The summed E-state index contributed by atoms with van der Waals surface area (Å²) in [7, 11) is 23.3. The number of hydrogen-bond donors (Lipinski definition) is 0. The zero-order valence-electron chi connectivity index (χ0n) is 34.2. The minimum atomic E-state index is -3.19. The van der Waals surface area contributed by atoms with Gasteiger partial charge in [0.2, 0.25) is 0 Å². The smallest absolute Gasteiger partial charge is 0.183 e. The van der Waals surface area contributed by atoms with Crippen molar-refractivity contribution in [2.75, 3.05) is 114 Å². The van der Waals surface area contributed by atoms with Crippen LogP contribution in [-0.2, 0) is 0 Å². The van der Waals surface area contributed by atoms with E-state index in [1.807, 2.05) is 0 Å². The molecular formula is C42H64N6Si. The molecule has 1 unspecified atom stereocenters. The average Bonchev–Trinajstić information content (AvgIpc) is 3.19. The van der Waals surface area contributed by atoms with E-state index in [0.29, 0.717) is 0 Å². The molecule has 0 saturated carbocycles. The molecule has 1 aliphatic rings. The van der Waals surface area contributed by atoms with Crippen LogP contribution >= 0.6 is 0 Å². The minimum Gasteiger partial charge on any atom is -0.378 e. The fourth-order valence-corrected chi connectivity index (χ4v) is 14.8. The van der Waals surface area contributed by atoms with Crippen molar-refractivity contribution in [2.45, 2.75) is 48.5 Å². The summed E-state index contributed by atoms with van der Waals surface area (Å²) in [6, 6.07) is 15.0. The first-order valence-corrected chi connectivity index (χ1v) is 19.6. The summed E-state index contributed by atoms with van der Waals surface area (Å²) in [4.78, 5) is 14.0. The van der Waals surface area contributed by atoms with Gasteiger partial charge in [-0.3, -0.25) is 0 Å². The minimum absolute atomic E-state index is 0.282. The first-order valence-electron chi connectivity index (χ1n) is 17.6. The molecule has 0 heterocycles. The molecule has 0 aromatic heterocycles. The van der Waals surface area contributed by atoms with Gasteiger partial charge in [0.15, 0.2) is 8.07 Å². The second kappa shape index (κ2) is 13.8. The fraction of sp³-hybridized carbons (Fsp3) is 0.476. The normalized spacial score (nSPS) is 14.9. The summed E-state index contributed by atoms with van der Waals surface area (Å²) in [5.41, 5.74) is 15.9. The number of anilines is 6. The Labute approximate surface area is 300 Å². The summed E-state index contributed by atoms with van der Waals surface area (Å²) in [6.07, 6.45) is 0. The first-order chi connectivity index (χ1) is 22.7. The molecule has 0 amide bonds. The Hall–Kier alpha value is -3.84. The highest BCUT2D eigenvalue weighted by Gasteiger charge is 2.53. The van der Waals surface area contributed by atoms with Crippen LogP contribution in [0.25, 0.3) is 0 Å². The molecule has 0 saturated heterocycles. The van der Waals surface area contributed by atoms with E-state index in [4.69, 9.17) is 0 Å². The lowest BCUT2D eigenvalue weighted by Gasteiger charge is -2.45. The summed E-state index contributed by atoms with van der Waals surface area (Å²) in [5, 5.41) is 5.89.